The monoisotopic (exact) mass is 439 g/mol. The second-order valence-electron chi connectivity index (χ2n) is 6.69. The third kappa shape index (κ3) is 5.23. The van der Waals surface area contributed by atoms with Crippen LogP contribution in [0.3, 0.4) is 0 Å². The molecule has 8 nitrogen and oxygen atoms in total. The number of ether oxygens (including phenoxy) is 1. The molecule has 0 aliphatic heterocycles. The largest absolute Gasteiger partial charge is 0.438 e. The molecule has 0 aliphatic carbocycles. The summed E-state index contributed by atoms with van der Waals surface area (Å²) in [7, 11) is -3.65. The predicted octanol–water partition coefficient (Wildman–Crippen LogP) is 3.84. The normalized spacial score (nSPS) is 11.3. The van der Waals surface area contributed by atoms with Crippen LogP contribution >= 0.6 is 0 Å². The van der Waals surface area contributed by atoms with Gasteiger partial charge in [0.05, 0.1) is 5.75 Å². The number of rotatable bonds is 7. The van der Waals surface area contributed by atoms with E-state index >= 15 is 0 Å². The molecule has 0 spiro atoms. The number of aromatic nitrogens is 4. The summed E-state index contributed by atoms with van der Waals surface area (Å²) in [6, 6.07) is 15.2. The molecule has 0 radical (unpaired) electrons. The summed E-state index contributed by atoms with van der Waals surface area (Å²) < 4.78 is 47.6. The number of halogens is 1. The highest BCUT2D eigenvalue weighted by Crippen LogP contribution is 2.22. The van der Waals surface area contributed by atoms with Crippen LogP contribution in [0.1, 0.15) is 11.4 Å². The van der Waals surface area contributed by atoms with Crippen LogP contribution in [0.4, 0.5) is 10.1 Å². The van der Waals surface area contributed by atoms with Gasteiger partial charge in [0.25, 0.3) is 0 Å². The van der Waals surface area contributed by atoms with Gasteiger partial charge in [-0.2, -0.15) is 0 Å². The zero-order valence-corrected chi connectivity index (χ0v) is 17.3. The van der Waals surface area contributed by atoms with Gasteiger partial charge in [-0.05, 0) is 55.0 Å². The van der Waals surface area contributed by atoms with Crippen LogP contribution in [-0.4, -0.2) is 28.2 Å². The summed E-state index contributed by atoms with van der Waals surface area (Å²) in [6.07, 6.45) is 3.46. The van der Waals surface area contributed by atoms with E-state index in [0.29, 0.717) is 28.7 Å². The fraction of sp³-hybridized carbons (Fsp3) is 0.0952. The molecule has 2 aromatic carbocycles. The summed E-state index contributed by atoms with van der Waals surface area (Å²) in [6.45, 7) is 1.86. The van der Waals surface area contributed by atoms with Crippen LogP contribution in [0.2, 0.25) is 0 Å². The van der Waals surface area contributed by atoms with Crippen molar-refractivity contribution in [1.29, 1.82) is 0 Å². The lowest BCUT2D eigenvalue weighted by Crippen LogP contribution is -2.15. The smallest absolute Gasteiger partial charge is 0.238 e. The molecule has 31 heavy (non-hydrogen) atoms. The maximum atomic E-state index is 13.0. The number of hydrogen-bond donors (Lipinski definition) is 1. The number of hydrogen-bond acceptors (Lipinski definition) is 6. The average Bonchev–Trinajstić information content (AvgIpc) is 3.17. The Balaban J connectivity index is 1.39. The van der Waals surface area contributed by atoms with Crippen LogP contribution in [0.5, 0.6) is 11.6 Å². The second-order valence-corrected chi connectivity index (χ2v) is 8.41. The fourth-order valence-corrected chi connectivity index (χ4v) is 4.04. The lowest BCUT2D eigenvalue weighted by atomic mass is 10.2. The van der Waals surface area contributed by atoms with Crippen molar-refractivity contribution < 1.29 is 17.5 Å². The topological polar surface area (TPSA) is 99.0 Å². The van der Waals surface area contributed by atoms with E-state index < -0.39 is 15.8 Å². The number of nitrogens with one attached hydrogen (secondary N) is 1. The second kappa shape index (κ2) is 8.52. The van der Waals surface area contributed by atoms with Crippen molar-refractivity contribution in [3.05, 3.63) is 90.3 Å². The molecule has 4 aromatic rings. The first-order valence-electron chi connectivity index (χ1n) is 9.25. The maximum absolute atomic E-state index is 13.0. The minimum absolute atomic E-state index is 0.260. The van der Waals surface area contributed by atoms with E-state index in [1.54, 1.807) is 53.4 Å². The van der Waals surface area contributed by atoms with Crippen LogP contribution in [-0.2, 0) is 15.8 Å². The summed E-state index contributed by atoms with van der Waals surface area (Å²) in [5, 5.41) is 8.17. The number of sulfonamides is 1. The van der Waals surface area contributed by atoms with Crippen LogP contribution in [0.25, 0.3) is 5.82 Å². The Hall–Kier alpha value is -3.79. The molecule has 0 amide bonds. The molecule has 10 heteroatoms. The Bertz CT molecular complexity index is 1270. The van der Waals surface area contributed by atoms with E-state index in [4.69, 9.17) is 4.74 Å². The Morgan fingerprint density at radius 2 is 1.74 bits per heavy atom. The first-order valence-corrected chi connectivity index (χ1v) is 10.9. The first kappa shape index (κ1) is 20.5. The summed E-state index contributed by atoms with van der Waals surface area (Å²) in [5.41, 5.74) is 0.869. The Morgan fingerprint density at radius 1 is 1.00 bits per heavy atom. The molecule has 0 saturated heterocycles. The summed E-state index contributed by atoms with van der Waals surface area (Å²) in [4.78, 5) is 4.14. The van der Waals surface area contributed by atoms with E-state index in [9.17, 15) is 12.8 Å². The zero-order valence-electron chi connectivity index (χ0n) is 16.4. The number of nitrogens with zero attached hydrogens (tertiary/aromatic N) is 4. The maximum Gasteiger partial charge on any atom is 0.238 e. The van der Waals surface area contributed by atoms with Gasteiger partial charge in [-0.15, -0.1) is 10.2 Å². The minimum Gasteiger partial charge on any atom is -0.438 e. The van der Waals surface area contributed by atoms with Crippen LogP contribution in [0.15, 0.2) is 73.1 Å². The van der Waals surface area contributed by atoms with Gasteiger partial charge in [0.1, 0.15) is 17.4 Å². The van der Waals surface area contributed by atoms with Crippen molar-refractivity contribution in [3.63, 3.8) is 0 Å². The lowest BCUT2D eigenvalue weighted by Gasteiger charge is -2.10. The van der Waals surface area contributed by atoms with Crippen molar-refractivity contribution in [2.75, 3.05) is 4.72 Å². The highest BCUT2D eigenvalue weighted by molar-refractivity contribution is 7.91. The molecule has 0 fully saturated rings. The van der Waals surface area contributed by atoms with Gasteiger partial charge >= 0.3 is 0 Å². The highest BCUT2D eigenvalue weighted by atomic mass is 32.2. The zero-order chi connectivity index (χ0) is 21.8. The van der Waals surface area contributed by atoms with E-state index in [1.165, 1.54) is 24.3 Å². The number of benzene rings is 2. The minimum atomic E-state index is -3.65. The van der Waals surface area contributed by atoms with Gasteiger partial charge in [0.2, 0.25) is 15.9 Å². The first-order chi connectivity index (χ1) is 14.9. The van der Waals surface area contributed by atoms with E-state index in [1.807, 2.05) is 6.92 Å². The van der Waals surface area contributed by atoms with Crippen molar-refractivity contribution >= 4 is 15.7 Å². The molecule has 158 valence electrons. The molecule has 4 rings (SSSR count). The molecular weight excluding hydrogens is 421 g/mol. The van der Waals surface area contributed by atoms with Gasteiger partial charge in [-0.1, -0.05) is 12.1 Å². The molecule has 2 heterocycles. The molecule has 0 saturated carbocycles. The van der Waals surface area contributed by atoms with Gasteiger partial charge in [-0.3, -0.25) is 9.29 Å². The molecular formula is C21H18FN5O3S. The molecule has 0 bridgehead atoms. The summed E-state index contributed by atoms with van der Waals surface area (Å²) >= 11 is 0. The third-order valence-electron chi connectivity index (χ3n) is 4.32. The standard InChI is InChI=1S/C21H18FN5O3S/c1-15-23-12-13-27(15)20-10-11-21(25-24-20)30-19-8-6-18(7-9-19)26-31(28,29)14-16-2-4-17(22)5-3-16/h2-13,26H,14H2,1H3. The molecule has 1 N–H and O–H groups in total. The quantitative estimate of drug-likeness (QED) is 0.470. The number of anilines is 1. The van der Waals surface area contributed by atoms with Crippen molar-refractivity contribution in [3.8, 4) is 17.4 Å². The van der Waals surface area contributed by atoms with E-state index in [0.717, 1.165) is 5.82 Å². The van der Waals surface area contributed by atoms with E-state index in [2.05, 4.69) is 19.9 Å². The van der Waals surface area contributed by atoms with Crippen LogP contribution in [0, 0.1) is 12.7 Å². The third-order valence-corrected chi connectivity index (χ3v) is 5.58. The van der Waals surface area contributed by atoms with Crippen LogP contribution < -0.4 is 9.46 Å². The number of aryl methyl sites for hydroxylation is 1. The van der Waals surface area contributed by atoms with Gasteiger partial charge in [-0.25, -0.2) is 17.8 Å². The molecule has 0 aliphatic rings. The highest BCUT2D eigenvalue weighted by Gasteiger charge is 2.12. The Kier molecular flexibility index (Phi) is 5.63. The molecule has 0 atom stereocenters. The lowest BCUT2D eigenvalue weighted by molar-refractivity contribution is 0.454. The number of imidazole rings is 1. The fourth-order valence-electron chi connectivity index (χ4n) is 2.84. The Labute approximate surface area is 178 Å². The van der Waals surface area contributed by atoms with Gasteiger partial charge in [0.15, 0.2) is 5.82 Å². The Morgan fingerprint density at radius 3 is 2.35 bits per heavy atom. The van der Waals surface area contributed by atoms with Crippen molar-refractivity contribution in [2.24, 2.45) is 0 Å². The van der Waals surface area contributed by atoms with Crippen molar-refractivity contribution in [1.82, 2.24) is 19.7 Å². The van der Waals surface area contributed by atoms with Crippen molar-refractivity contribution in [2.45, 2.75) is 12.7 Å². The molecule has 0 unspecified atom stereocenters. The molecule has 2 aromatic heterocycles. The predicted molar refractivity (Wildman–Crippen MR) is 113 cm³/mol. The summed E-state index contributed by atoms with van der Waals surface area (Å²) in [5.74, 6) is 1.51. The van der Waals surface area contributed by atoms with Gasteiger partial charge < -0.3 is 4.74 Å². The van der Waals surface area contributed by atoms with Gasteiger partial charge in [0, 0.05) is 24.1 Å². The average molecular weight is 439 g/mol. The SMILES string of the molecule is Cc1nccn1-c1ccc(Oc2ccc(NS(=O)(=O)Cc3ccc(F)cc3)cc2)nn1. The van der Waals surface area contributed by atoms with E-state index in [-0.39, 0.29) is 5.75 Å².